The summed E-state index contributed by atoms with van der Waals surface area (Å²) in [6.45, 7) is 3.32. The van der Waals surface area contributed by atoms with Crippen LogP contribution in [0.4, 0.5) is 0 Å². The van der Waals surface area contributed by atoms with Crippen LogP contribution in [-0.4, -0.2) is 98.3 Å². The van der Waals surface area contributed by atoms with Gasteiger partial charge in [0.1, 0.15) is 43.2 Å². The van der Waals surface area contributed by atoms with E-state index < -0.39 is 75.7 Å². The molecule has 0 saturated heterocycles. The van der Waals surface area contributed by atoms with Gasteiger partial charge < -0.3 is 39.9 Å². The van der Waals surface area contributed by atoms with Gasteiger partial charge in [-0.3, -0.25) is 18.6 Å². The third kappa shape index (κ3) is 29.0. The van der Waals surface area contributed by atoms with Gasteiger partial charge in [-0.2, -0.15) is 0 Å². The Labute approximate surface area is 357 Å². The molecule has 0 amide bonds. The SMILES string of the molecule is CCCCCCCCCCCCCCCCCCCCC(=O)O[C@H](COC(=O)CCCCCCCCCCCCCC)COP(=O)(O)OC1C(O)C(O)C(O)[C@@H](O)C1O. The van der Waals surface area contributed by atoms with Crippen molar-refractivity contribution in [1.82, 2.24) is 0 Å². The van der Waals surface area contributed by atoms with E-state index in [4.69, 9.17) is 18.5 Å². The molecule has 14 heteroatoms. The Morgan fingerprint density at radius 3 is 1.12 bits per heavy atom. The molecule has 0 aliphatic heterocycles. The first kappa shape index (κ1) is 55.9. The molecular formula is C45H87O13P. The number of rotatable bonds is 40. The Morgan fingerprint density at radius 1 is 0.458 bits per heavy atom. The number of ether oxygens (including phenoxy) is 2. The average molecular weight is 867 g/mol. The summed E-state index contributed by atoms with van der Waals surface area (Å²) in [6, 6.07) is 0. The minimum absolute atomic E-state index is 0.105. The zero-order chi connectivity index (χ0) is 43.6. The zero-order valence-electron chi connectivity index (χ0n) is 37.1. The predicted molar refractivity (Wildman–Crippen MR) is 231 cm³/mol. The Balaban J connectivity index is 2.41. The lowest BCUT2D eigenvalue weighted by atomic mass is 9.85. The van der Waals surface area contributed by atoms with Gasteiger partial charge in [-0.25, -0.2) is 4.57 Å². The van der Waals surface area contributed by atoms with Crippen LogP contribution in [0.5, 0.6) is 0 Å². The molecule has 0 heterocycles. The van der Waals surface area contributed by atoms with E-state index in [1.165, 1.54) is 141 Å². The topological polar surface area (TPSA) is 210 Å². The molecule has 1 rings (SSSR count). The van der Waals surface area contributed by atoms with Crippen LogP contribution in [0.15, 0.2) is 0 Å². The summed E-state index contributed by atoms with van der Waals surface area (Å²) in [5.41, 5.74) is 0. The molecule has 350 valence electrons. The molecular weight excluding hydrogens is 779 g/mol. The van der Waals surface area contributed by atoms with Crippen molar-refractivity contribution in [3.05, 3.63) is 0 Å². The van der Waals surface area contributed by atoms with Gasteiger partial charge in [0.2, 0.25) is 0 Å². The number of unbranched alkanes of at least 4 members (excludes halogenated alkanes) is 28. The number of phosphoric ester groups is 1. The highest BCUT2D eigenvalue weighted by atomic mass is 31.2. The van der Waals surface area contributed by atoms with Gasteiger partial charge in [0, 0.05) is 12.8 Å². The molecule has 0 aromatic rings. The maximum atomic E-state index is 12.8. The van der Waals surface area contributed by atoms with Crippen LogP contribution in [0.1, 0.15) is 219 Å². The number of aliphatic hydroxyl groups excluding tert-OH is 5. The molecule has 0 aromatic heterocycles. The molecule has 0 radical (unpaired) electrons. The Bertz CT molecular complexity index is 1050. The number of carbonyl (C=O) groups is 2. The molecule has 59 heavy (non-hydrogen) atoms. The Kier molecular flexibility index (Phi) is 34.4. The monoisotopic (exact) mass is 867 g/mol. The van der Waals surface area contributed by atoms with Gasteiger partial charge in [0.05, 0.1) is 6.61 Å². The van der Waals surface area contributed by atoms with Crippen LogP contribution < -0.4 is 0 Å². The minimum Gasteiger partial charge on any atom is -0.462 e. The van der Waals surface area contributed by atoms with E-state index in [0.29, 0.717) is 12.8 Å². The fourth-order valence-corrected chi connectivity index (χ4v) is 8.56. The van der Waals surface area contributed by atoms with Crippen LogP contribution in [0.2, 0.25) is 0 Å². The van der Waals surface area contributed by atoms with Crippen molar-refractivity contribution in [2.24, 2.45) is 0 Å². The summed E-state index contributed by atoms with van der Waals surface area (Å²) >= 11 is 0. The quantitative estimate of drug-likeness (QED) is 0.0193. The first-order chi connectivity index (χ1) is 28.4. The van der Waals surface area contributed by atoms with Crippen molar-refractivity contribution in [2.75, 3.05) is 13.2 Å². The third-order valence-corrected chi connectivity index (χ3v) is 12.4. The molecule has 6 N–H and O–H groups in total. The number of hydrogen-bond acceptors (Lipinski definition) is 12. The van der Waals surface area contributed by atoms with Crippen molar-refractivity contribution in [3.8, 4) is 0 Å². The molecule has 1 fully saturated rings. The molecule has 0 bridgehead atoms. The standard InChI is InChI=1S/C45H87O13P/c1-3-5-7-9-11-13-15-17-18-19-20-21-22-24-26-28-30-32-34-39(47)57-37(35-55-38(46)33-31-29-27-25-23-16-14-12-10-8-6-4-2)36-56-59(53,54)58-45-43(51)41(49)40(48)42(50)44(45)52/h37,40-45,48-52H,3-36H2,1-2H3,(H,53,54)/t37-,40?,41-,42?,43?,44?,45?/m1/s1. The predicted octanol–water partition coefficient (Wildman–Crippen LogP) is 9.28. The third-order valence-electron chi connectivity index (χ3n) is 11.4. The van der Waals surface area contributed by atoms with Gasteiger partial charge in [-0.05, 0) is 12.8 Å². The molecule has 1 aliphatic carbocycles. The van der Waals surface area contributed by atoms with E-state index in [-0.39, 0.29) is 12.8 Å². The van der Waals surface area contributed by atoms with Crippen LogP contribution >= 0.6 is 7.82 Å². The van der Waals surface area contributed by atoms with Gasteiger partial charge in [0.15, 0.2) is 6.10 Å². The van der Waals surface area contributed by atoms with Crippen molar-refractivity contribution >= 4 is 19.8 Å². The second kappa shape index (κ2) is 36.3. The Morgan fingerprint density at radius 2 is 0.763 bits per heavy atom. The molecule has 13 nitrogen and oxygen atoms in total. The van der Waals surface area contributed by atoms with Gasteiger partial charge in [-0.15, -0.1) is 0 Å². The summed E-state index contributed by atoms with van der Waals surface area (Å²) in [4.78, 5) is 35.7. The summed E-state index contributed by atoms with van der Waals surface area (Å²) in [6.07, 6.45) is 23.0. The number of carbonyl (C=O) groups excluding carboxylic acids is 2. The molecule has 8 atom stereocenters. The second-order valence-corrected chi connectivity index (χ2v) is 18.4. The molecule has 0 aromatic carbocycles. The lowest BCUT2D eigenvalue weighted by molar-refractivity contribution is -0.220. The normalized spacial score (nSPS) is 22.2. The lowest BCUT2D eigenvalue weighted by Crippen LogP contribution is -2.64. The first-order valence-corrected chi connectivity index (χ1v) is 25.3. The molecule has 1 aliphatic rings. The van der Waals surface area contributed by atoms with Crippen molar-refractivity contribution < 1.29 is 63.1 Å². The summed E-state index contributed by atoms with van der Waals surface area (Å²) in [5, 5.41) is 50.1. The number of aliphatic hydroxyl groups is 5. The first-order valence-electron chi connectivity index (χ1n) is 23.8. The highest BCUT2D eigenvalue weighted by Gasteiger charge is 2.51. The van der Waals surface area contributed by atoms with Crippen LogP contribution in [0.25, 0.3) is 0 Å². The minimum atomic E-state index is -5.11. The van der Waals surface area contributed by atoms with Crippen LogP contribution in [0.3, 0.4) is 0 Å². The summed E-state index contributed by atoms with van der Waals surface area (Å²) < 4.78 is 33.5. The number of hydrogen-bond donors (Lipinski definition) is 6. The molecule has 6 unspecified atom stereocenters. The average Bonchev–Trinajstić information content (AvgIpc) is 3.21. The highest BCUT2D eigenvalue weighted by Crippen LogP contribution is 2.47. The van der Waals surface area contributed by atoms with E-state index in [2.05, 4.69) is 13.8 Å². The molecule has 0 spiro atoms. The number of esters is 2. The smallest absolute Gasteiger partial charge is 0.462 e. The van der Waals surface area contributed by atoms with Crippen LogP contribution in [0, 0.1) is 0 Å². The van der Waals surface area contributed by atoms with Gasteiger partial charge in [-0.1, -0.05) is 194 Å². The van der Waals surface area contributed by atoms with E-state index in [1.807, 2.05) is 0 Å². The lowest BCUT2D eigenvalue weighted by Gasteiger charge is -2.41. The fourth-order valence-electron chi connectivity index (χ4n) is 7.58. The summed E-state index contributed by atoms with van der Waals surface area (Å²) in [7, 11) is -5.11. The van der Waals surface area contributed by atoms with E-state index in [9.17, 15) is 44.6 Å². The van der Waals surface area contributed by atoms with Crippen molar-refractivity contribution in [2.45, 2.75) is 262 Å². The van der Waals surface area contributed by atoms with Gasteiger partial charge in [0.25, 0.3) is 0 Å². The molecule has 1 saturated carbocycles. The maximum Gasteiger partial charge on any atom is 0.472 e. The summed E-state index contributed by atoms with van der Waals surface area (Å²) in [5.74, 6) is -1.08. The second-order valence-electron chi connectivity index (χ2n) is 17.0. The zero-order valence-corrected chi connectivity index (χ0v) is 38.0. The van der Waals surface area contributed by atoms with E-state index in [1.54, 1.807) is 0 Å². The van der Waals surface area contributed by atoms with Gasteiger partial charge >= 0.3 is 19.8 Å². The largest absolute Gasteiger partial charge is 0.472 e. The highest BCUT2D eigenvalue weighted by molar-refractivity contribution is 7.47. The maximum absolute atomic E-state index is 12.8. The van der Waals surface area contributed by atoms with Crippen molar-refractivity contribution in [1.29, 1.82) is 0 Å². The Hall–Kier alpha value is -1.15. The van der Waals surface area contributed by atoms with E-state index in [0.717, 1.165) is 38.5 Å². The fraction of sp³-hybridized carbons (Fsp3) is 0.956. The van der Waals surface area contributed by atoms with E-state index >= 15 is 0 Å². The van der Waals surface area contributed by atoms with Crippen LogP contribution in [-0.2, 0) is 32.7 Å². The number of phosphoric acid groups is 1. The van der Waals surface area contributed by atoms with Crippen molar-refractivity contribution in [3.63, 3.8) is 0 Å².